The van der Waals surface area contributed by atoms with Crippen molar-refractivity contribution >= 4 is 23.3 Å². The molecule has 0 aliphatic heterocycles. The van der Waals surface area contributed by atoms with Crippen LogP contribution in [0.5, 0.6) is 0 Å². The number of rotatable bonds is 6. The van der Waals surface area contributed by atoms with Gasteiger partial charge >= 0.3 is 0 Å². The average Bonchev–Trinajstić information content (AvgIpc) is 2.52. The number of anilines is 1. The topological polar surface area (TPSA) is 66.9 Å². The van der Waals surface area contributed by atoms with E-state index in [0.29, 0.717) is 35.5 Å². The van der Waals surface area contributed by atoms with Crippen LogP contribution in [0.15, 0.2) is 36.7 Å². The Morgan fingerprint density at radius 1 is 1.23 bits per heavy atom. The molecule has 2 N–H and O–H groups in total. The maximum Gasteiger partial charge on any atom is 0.271 e. The Balaban J connectivity index is 1.92. The van der Waals surface area contributed by atoms with Gasteiger partial charge in [0.15, 0.2) is 0 Å². The molecule has 0 aliphatic rings. The van der Waals surface area contributed by atoms with Crippen LogP contribution in [-0.2, 0) is 6.54 Å². The van der Waals surface area contributed by atoms with Gasteiger partial charge in [-0.25, -0.2) is 9.97 Å². The fourth-order valence-corrected chi connectivity index (χ4v) is 1.95. The molecule has 0 radical (unpaired) electrons. The van der Waals surface area contributed by atoms with Gasteiger partial charge in [0, 0.05) is 18.1 Å². The van der Waals surface area contributed by atoms with Gasteiger partial charge in [0.2, 0.25) is 0 Å². The smallest absolute Gasteiger partial charge is 0.271 e. The van der Waals surface area contributed by atoms with Crippen LogP contribution in [-0.4, -0.2) is 22.4 Å². The summed E-state index contributed by atoms with van der Waals surface area (Å²) < 4.78 is 0. The summed E-state index contributed by atoms with van der Waals surface area (Å²) >= 11 is 6.09. The van der Waals surface area contributed by atoms with Crippen LogP contribution in [0, 0.1) is 5.92 Å². The van der Waals surface area contributed by atoms with Gasteiger partial charge in [-0.3, -0.25) is 4.79 Å². The molecular weight excluding hydrogens is 300 g/mol. The number of hydrogen-bond donors (Lipinski definition) is 2. The van der Waals surface area contributed by atoms with E-state index >= 15 is 0 Å². The van der Waals surface area contributed by atoms with Crippen LogP contribution in [0.2, 0.25) is 5.02 Å². The zero-order valence-electron chi connectivity index (χ0n) is 12.6. The second kappa shape index (κ2) is 7.75. The summed E-state index contributed by atoms with van der Waals surface area (Å²) in [7, 11) is 0. The van der Waals surface area contributed by atoms with Crippen LogP contribution in [0.4, 0.5) is 5.82 Å². The van der Waals surface area contributed by atoms with Crippen molar-refractivity contribution in [3.8, 4) is 0 Å². The minimum atomic E-state index is -0.209. The molecule has 2 aromatic rings. The molecule has 5 nitrogen and oxygen atoms in total. The molecule has 22 heavy (non-hydrogen) atoms. The van der Waals surface area contributed by atoms with Gasteiger partial charge in [0.1, 0.15) is 11.5 Å². The molecule has 116 valence electrons. The van der Waals surface area contributed by atoms with Crippen LogP contribution in [0.3, 0.4) is 0 Å². The van der Waals surface area contributed by atoms with Crippen molar-refractivity contribution in [3.63, 3.8) is 0 Å². The molecule has 1 amide bonds. The molecule has 0 unspecified atom stereocenters. The monoisotopic (exact) mass is 318 g/mol. The lowest BCUT2D eigenvalue weighted by Gasteiger charge is -2.09. The Hall–Kier alpha value is -2.14. The molecule has 2 rings (SSSR count). The van der Waals surface area contributed by atoms with Gasteiger partial charge in [0.05, 0.1) is 12.4 Å². The first-order valence-corrected chi connectivity index (χ1v) is 7.51. The molecule has 6 heteroatoms. The highest BCUT2D eigenvalue weighted by Crippen LogP contribution is 2.16. The van der Waals surface area contributed by atoms with Crippen molar-refractivity contribution in [2.75, 3.05) is 11.9 Å². The predicted octanol–water partition coefficient (Wildman–Crippen LogP) is 3.13. The lowest BCUT2D eigenvalue weighted by molar-refractivity contribution is 0.0943. The first kappa shape index (κ1) is 16.2. The van der Waals surface area contributed by atoms with E-state index < -0.39 is 0 Å². The molecule has 0 fully saturated rings. The summed E-state index contributed by atoms with van der Waals surface area (Å²) in [4.78, 5) is 20.1. The molecule has 0 saturated carbocycles. The molecule has 1 aromatic carbocycles. The number of nitrogens with zero attached hydrogens (tertiary/aromatic N) is 2. The third-order valence-electron chi connectivity index (χ3n) is 2.97. The molecule has 0 bridgehead atoms. The number of amides is 1. The zero-order chi connectivity index (χ0) is 15.9. The summed E-state index contributed by atoms with van der Waals surface area (Å²) in [5.74, 6) is 0.785. The average molecular weight is 319 g/mol. The second-order valence-electron chi connectivity index (χ2n) is 5.34. The number of carbonyl (C=O) groups is 1. The lowest BCUT2D eigenvalue weighted by atomic mass is 10.2. The lowest BCUT2D eigenvalue weighted by Crippen LogP contribution is -2.28. The van der Waals surface area contributed by atoms with Crippen molar-refractivity contribution in [2.24, 2.45) is 5.92 Å². The molecule has 0 saturated heterocycles. The second-order valence-corrected chi connectivity index (χ2v) is 5.74. The Morgan fingerprint density at radius 3 is 2.64 bits per heavy atom. The molecular formula is C16H19ClN4O. The van der Waals surface area contributed by atoms with E-state index in [2.05, 4.69) is 20.6 Å². The Kier molecular flexibility index (Phi) is 5.72. The van der Waals surface area contributed by atoms with Crippen molar-refractivity contribution < 1.29 is 4.79 Å². The van der Waals surface area contributed by atoms with Crippen molar-refractivity contribution in [2.45, 2.75) is 20.4 Å². The van der Waals surface area contributed by atoms with E-state index in [1.165, 1.54) is 6.20 Å². The summed E-state index contributed by atoms with van der Waals surface area (Å²) in [5, 5.41) is 6.63. The Bertz CT molecular complexity index is 628. The van der Waals surface area contributed by atoms with E-state index in [4.69, 9.17) is 11.6 Å². The van der Waals surface area contributed by atoms with E-state index in [-0.39, 0.29) is 5.91 Å². The van der Waals surface area contributed by atoms with Crippen molar-refractivity contribution in [1.82, 2.24) is 15.3 Å². The van der Waals surface area contributed by atoms with E-state index in [1.54, 1.807) is 6.20 Å². The Morgan fingerprint density at radius 2 is 2.00 bits per heavy atom. The van der Waals surface area contributed by atoms with Gasteiger partial charge in [-0.2, -0.15) is 0 Å². The first-order chi connectivity index (χ1) is 10.6. The quantitative estimate of drug-likeness (QED) is 0.858. The maximum atomic E-state index is 11.8. The molecule has 0 spiro atoms. The molecule has 1 aromatic heterocycles. The third-order valence-corrected chi connectivity index (χ3v) is 3.34. The van der Waals surface area contributed by atoms with Gasteiger partial charge in [-0.05, 0) is 17.5 Å². The van der Waals surface area contributed by atoms with Crippen LogP contribution < -0.4 is 10.6 Å². The molecule has 1 heterocycles. The highest BCUT2D eigenvalue weighted by molar-refractivity contribution is 6.31. The summed E-state index contributed by atoms with van der Waals surface area (Å²) in [6.07, 6.45) is 3.01. The van der Waals surface area contributed by atoms with E-state index in [0.717, 1.165) is 5.56 Å². The summed E-state index contributed by atoms with van der Waals surface area (Å²) in [6.45, 7) is 5.24. The number of hydrogen-bond acceptors (Lipinski definition) is 4. The van der Waals surface area contributed by atoms with Gasteiger partial charge in [-0.15, -0.1) is 0 Å². The van der Waals surface area contributed by atoms with E-state index in [9.17, 15) is 4.79 Å². The summed E-state index contributed by atoms with van der Waals surface area (Å²) in [6, 6.07) is 7.59. The van der Waals surface area contributed by atoms with Crippen molar-refractivity contribution in [3.05, 3.63) is 52.9 Å². The van der Waals surface area contributed by atoms with Gasteiger partial charge in [-0.1, -0.05) is 43.6 Å². The van der Waals surface area contributed by atoms with Gasteiger partial charge in [0.25, 0.3) is 5.91 Å². The standard InChI is InChI=1S/C16H19ClN4O/c1-11(2)7-21-16(22)14-9-20-15(10-18-14)19-8-12-5-3-4-6-13(12)17/h3-6,9-11H,7-8H2,1-2H3,(H,19,20)(H,21,22). The minimum Gasteiger partial charge on any atom is -0.365 e. The number of benzene rings is 1. The predicted molar refractivity (Wildman–Crippen MR) is 88.0 cm³/mol. The SMILES string of the molecule is CC(C)CNC(=O)c1cnc(NCc2ccccc2Cl)cn1. The molecule has 0 aliphatic carbocycles. The highest BCUT2D eigenvalue weighted by atomic mass is 35.5. The van der Waals surface area contributed by atoms with E-state index in [1.807, 2.05) is 38.1 Å². The van der Waals surface area contributed by atoms with Crippen LogP contribution >= 0.6 is 11.6 Å². The zero-order valence-corrected chi connectivity index (χ0v) is 13.4. The maximum absolute atomic E-state index is 11.8. The number of halogens is 1. The first-order valence-electron chi connectivity index (χ1n) is 7.14. The highest BCUT2D eigenvalue weighted by Gasteiger charge is 2.08. The minimum absolute atomic E-state index is 0.209. The Labute approximate surface area is 135 Å². The summed E-state index contributed by atoms with van der Waals surface area (Å²) in [5.41, 5.74) is 1.29. The normalized spacial score (nSPS) is 10.5. The number of nitrogens with one attached hydrogen (secondary N) is 2. The number of aromatic nitrogens is 2. The molecule has 0 atom stereocenters. The van der Waals surface area contributed by atoms with Crippen molar-refractivity contribution in [1.29, 1.82) is 0 Å². The van der Waals surface area contributed by atoms with Crippen LogP contribution in [0.25, 0.3) is 0 Å². The fourth-order valence-electron chi connectivity index (χ4n) is 1.75. The number of carbonyl (C=O) groups excluding carboxylic acids is 1. The fraction of sp³-hybridized carbons (Fsp3) is 0.312. The van der Waals surface area contributed by atoms with Crippen LogP contribution in [0.1, 0.15) is 29.9 Å². The van der Waals surface area contributed by atoms with Gasteiger partial charge < -0.3 is 10.6 Å². The largest absolute Gasteiger partial charge is 0.365 e. The third kappa shape index (κ3) is 4.70.